The highest BCUT2D eigenvalue weighted by molar-refractivity contribution is 5.31. The van der Waals surface area contributed by atoms with Crippen molar-refractivity contribution in [1.82, 2.24) is 20.2 Å². The quantitative estimate of drug-likeness (QED) is 0.779. The highest BCUT2D eigenvalue weighted by atomic mass is 15.3. The molecule has 1 aromatic heterocycles. The molecule has 18 heavy (non-hydrogen) atoms. The average molecular weight is 249 g/mol. The molecular formula is C13H23N5. The van der Waals surface area contributed by atoms with E-state index < -0.39 is 0 Å². The normalized spacial score (nSPS) is 17.1. The smallest absolute Gasteiger partial charge is 0.225 e. The predicted molar refractivity (Wildman–Crippen MR) is 73.7 cm³/mol. The largest absolute Gasteiger partial charge is 0.338 e. The van der Waals surface area contributed by atoms with Crippen LogP contribution in [0.3, 0.4) is 0 Å². The average Bonchev–Trinajstić information content (AvgIpc) is 2.40. The summed E-state index contributed by atoms with van der Waals surface area (Å²) in [7, 11) is 2.16. The molecule has 0 bridgehead atoms. The molecule has 5 nitrogen and oxygen atoms in total. The number of rotatable bonds is 5. The van der Waals surface area contributed by atoms with Crippen LogP contribution in [-0.2, 0) is 6.54 Å². The number of nitrogens with zero attached hydrogens (tertiary/aromatic N) is 4. The third-order valence-electron chi connectivity index (χ3n) is 3.22. The first kappa shape index (κ1) is 13.2. The maximum Gasteiger partial charge on any atom is 0.225 e. The van der Waals surface area contributed by atoms with Crippen molar-refractivity contribution in [2.75, 3.05) is 44.7 Å². The molecule has 1 saturated heterocycles. The second kappa shape index (κ2) is 6.66. The van der Waals surface area contributed by atoms with Crippen molar-refractivity contribution >= 4 is 5.95 Å². The van der Waals surface area contributed by atoms with Crippen LogP contribution < -0.4 is 10.2 Å². The van der Waals surface area contributed by atoms with Crippen LogP contribution in [0.1, 0.15) is 19.0 Å². The molecule has 2 heterocycles. The minimum absolute atomic E-state index is 0.830. The van der Waals surface area contributed by atoms with Gasteiger partial charge in [0.05, 0.1) is 5.69 Å². The number of piperazine rings is 1. The maximum atomic E-state index is 4.63. The minimum Gasteiger partial charge on any atom is -0.338 e. The summed E-state index contributed by atoms with van der Waals surface area (Å²) in [6, 6.07) is 1.99. The fourth-order valence-corrected chi connectivity index (χ4v) is 2.04. The maximum absolute atomic E-state index is 4.63. The van der Waals surface area contributed by atoms with E-state index in [9.17, 15) is 0 Å². The van der Waals surface area contributed by atoms with E-state index in [1.807, 2.05) is 12.3 Å². The van der Waals surface area contributed by atoms with Crippen LogP contribution in [0.2, 0.25) is 0 Å². The highest BCUT2D eigenvalue weighted by Crippen LogP contribution is 2.10. The molecule has 0 aromatic carbocycles. The zero-order chi connectivity index (χ0) is 12.8. The van der Waals surface area contributed by atoms with Crippen LogP contribution in [0.5, 0.6) is 0 Å². The molecule has 0 saturated carbocycles. The Morgan fingerprint density at radius 2 is 2.06 bits per heavy atom. The Morgan fingerprint density at radius 1 is 1.28 bits per heavy atom. The molecule has 100 valence electrons. The fourth-order valence-electron chi connectivity index (χ4n) is 2.04. The Bertz CT molecular complexity index is 360. The van der Waals surface area contributed by atoms with E-state index in [2.05, 4.69) is 39.1 Å². The van der Waals surface area contributed by atoms with E-state index in [1.165, 1.54) is 0 Å². The highest BCUT2D eigenvalue weighted by Gasteiger charge is 2.16. The van der Waals surface area contributed by atoms with Crippen molar-refractivity contribution in [3.63, 3.8) is 0 Å². The van der Waals surface area contributed by atoms with Crippen LogP contribution in [-0.4, -0.2) is 54.6 Å². The van der Waals surface area contributed by atoms with Gasteiger partial charge in [-0.25, -0.2) is 9.97 Å². The van der Waals surface area contributed by atoms with Crippen molar-refractivity contribution in [3.8, 4) is 0 Å². The van der Waals surface area contributed by atoms with E-state index in [0.717, 1.165) is 57.3 Å². The summed E-state index contributed by atoms with van der Waals surface area (Å²) < 4.78 is 0. The number of nitrogens with one attached hydrogen (secondary N) is 1. The van der Waals surface area contributed by atoms with Crippen LogP contribution in [0.25, 0.3) is 0 Å². The number of aromatic nitrogens is 2. The lowest BCUT2D eigenvalue weighted by Crippen LogP contribution is -2.45. The summed E-state index contributed by atoms with van der Waals surface area (Å²) in [5.74, 6) is 0.874. The first-order chi connectivity index (χ1) is 8.79. The minimum atomic E-state index is 0.830. The van der Waals surface area contributed by atoms with Gasteiger partial charge >= 0.3 is 0 Å². The second-order valence-corrected chi connectivity index (χ2v) is 4.82. The van der Waals surface area contributed by atoms with Crippen LogP contribution in [0.4, 0.5) is 5.95 Å². The second-order valence-electron chi connectivity index (χ2n) is 4.82. The van der Waals surface area contributed by atoms with E-state index in [4.69, 9.17) is 0 Å². The predicted octanol–water partition coefficient (Wildman–Crippen LogP) is 0.728. The van der Waals surface area contributed by atoms with Crippen molar-refractivity contribution in [2.45, 2.75) is 19.9 Å². The van der Waals surface area contributed by atoms with E-state index in [0.29, 0.717) is 0 Å². The molecule has 5 heteroatoms. The first-order valence-electron chi connectivity index (χ1n) is 6.75. The number of anilines is 1. The molecular weight excluding hydrogens is 226 g/mol. The monoisotopic (exact) mass is 249 g/mol. The number of likely N-dealkylation sites (N-methyl/N-ethyl adjacent to an activating group) is 1. The summed E-state index contributed by atoms with van der Waals surface area (Å²) in [6.07, 6.45) is 3.01. The van der Waals surface area contributed by atoms with Gasteiger partial charge in [0.2, 0.25) is 5.95 Å². The molecule has 0 unspecified atom stereocenters. The lowest BCUT2D eigenvalue weighted by atomic mass is 10.3. The van der Waals surface area contributed by atoms with Gasteiger partial charge < -0.3 is 15.1 Å². The van der Waals surface area contributed by atoms with Gasteiger partial charge in [0.25, 0.3) is 0 Å². The van der Waals surface area contributed by atoms with Crippen LogP contribution in [0.15, 0.2) is 12.3 Å². The summed E-state index contributed by atoms with van der Waals surface area (Å²) in [6.45, 7) is 8.24. The molecule has 0 spiro atoms. The molecule has 1 N–H and O–H groups in total. The molecule has 0 amide bonds. The standard InChI is InChI=1S/C13H23N5/c1-3-5-14-11-12-4-6-15-13(16-12)18-9-7-17(2)8-10-18/h4,6,14H,3,5,7-11H2,1-2H3. The van der Waals surface area contributed by atoms with Crippen molar-refractivity contribution < 1.29 is 0 Å². The van der Waals surface area contributed by atoms with Gasteiger partial charge in [-0.1, -0.05) is 6.92 Å². The Balaban J connectivity index is 1.94. The van der Waals surface area contributed by atoms with Crippen LogP contribution >= 0.6 is 0 Å². The summed E-state index contributed by atoms with van der Waals surface area (Å²) in [5.41, 5.74) is 1.08. The third-order valence-corrected chi connectivity index (χ3v) is 3.22. The molecule has 1 aromatic rings. The molecule has 1 fully saturated rings. The number of hydrogen-bond acceptors (Lipinski definition) is 5. The van der Waals surface area contributed by atoms with Gasteiger partial charge in [0.1, 0.15) is 0 Å². The van der Waals surface area contributed by atoms with Crippen molar-refractivity contribution in [1.29, 1.82) is 0 Å². The summed E-state index contributed by atoms with van der Waals surface area (Å²) in [5, 5.41) is 3.37. The lowest BCUT2D eigenvalue weighted by Gasteiger charge is -2.32. The molecule has 0 atom stereocenters. The molecule has 0 radical (unpaired) electrons. The van der Waals surface area contributed by atoms with Gasteiger partial charge in [-0.05, 0) is 26.1 Å². The van der Waals surface area contributed by atoms with Gasteiger partial charge in [0.15, 0.2) is 0 Å². The topological polar surface area (TPSA) is 44.3 Å². The Kier molecular flexibility index (Phi) is 4.90. The van der Waals surface area contributed by atoms with Gasteiger partial charge in [-0.2, -0.15) is 0 Å². The zero-order valence-corrected chi connectivity index (χ0v) is 11.4. The molecule has 2 rings (SSSR count). The van der Waals surface area contributed by atoms with Crippen molar-refractivity contribution in [2.24, 2.45) is 0 Å². The molecule has 1 aliphatic heterocycles. The Labute approximate surface area is 109 Å². The zero-order valence-electron chi connectivity index (χ0n) is 11.4. The Hall–Kier alpha value is -1.20. The number of hydrogen-bond donors (Lipinski definition) is 1. The summed E-state index contributed by atoms with van der Waals surface area (Å²) in [4.78, 5) is 13.6. The lowest BCUT2D eigenvalue weighted by molar-refractivity contribution is 0.311. The first-order valence-corrected chi connectivity index (χ1v) is 6.75. The van der Waals surface area contributed by atoms with E-state index >= 15 is 0 Å². The van der Waals surface area contributed by atoms with Gasteiger partial charge in [-0.15, -0.1) is 0 Å². The van der Waals surface area contributed by atoms with Gasteiger partial charge in [-0.3, -0.25) is 0 Å². The Morgan fingerprint density at radius 3 is 2.78 bits per heavy atom. The molecule has 1 aliphatic rings. The van der Waals surface area contributed by atoms with Crippen LogP contribution in [0, 0.1) is 0 Å². The third kappa shape index (κ3) is 3.65. The van der Waals surface area contributed by atoms with Gasteiger partial charge in [0, 0.05) is 38.9 Å². The van der Waals surface area contributed by atoms with E-state index in [-0.39, 0.29) is 0 Å². The fraction of sp³-hybridized carbons (Fsp3) is 0.692. The van der Waals surface area contributed by atoms with E-state index in [1.54, 1.807) is 0 Å². The molecule has 0 aliphatic carbocycles. The van der Waals surface area contributed by atoms with Crippen molar-refractivity contribution in [3.05, 3.63) is 18.0 Å². The SMILES string of the molecule is CCCNCc1ccnc(N2CCN(C)CC2)n1. The summed E-state index contributed by atoms with van der Waals surface area (Å²) >= 11 is 0.